The third-order valence-electron chi connectivity index (χ3n) is 5.35. The molecule has 0 amide bonds. The number of hydrogen-bond acceptors (Lipinski definition) is 3. The molecule has 0 aromatic heterocycles. The second-order valence-corrected chi connectivity index (χ2v) is 7.47. The molecule has 0 radical (unpaired) electrons. The van der Waals surface area contributed by atoms with Crippen LogP contribution in [-0.2, 0) is 0 Å². The fourth-order valence-corrected chi connectivity index (χ4v) is 3.78. The molecule has 26 heavy (non-hydrogen) atoms. The SMILES string of the molecule is CC1=CCC(C)(C=C2C3=C(C=CC2N)C(=O)c2ccccc2C3=O)C=C1. The standard InChI is InChI=1S/C23H21NO2/c1-14-9-11-23(2,12-10-14)13-18-19(24)8-7-17-20(18)22(26)16-6-4-3-5-15(16)21(17)25/h3-11,13,19H,12,24H2,1-2H3. The van der Waals surface area contributed by atoms with Crippen molar-refractivity contribution in [2.24, 2.45) is 11.1 Å². The van der Waals surface area contributed by atoms with Gasteiger partial charge in [-0.15, -0.1) is 0 Å². The maximum absolute atomic E-state index is 13.2. The molecule has 3 aliphatic carbocycles. The molecule has 1 aromatic carbocycles. The molecule has 0 spiro atoms. The summed E-state index contributed by atoms with van der Waals surface area (Å²) in [6.07, 6.45) is 12.8. The lowest BCUT2D eigenvalue weighted by molar-refractivity contribution is 0.0978. The summed E-state index contributed by atoms with van der Waals surface area (Å²) < 4.78 is 0. The van der Waals surface area contributed by atoms with Crippen LogP contribution in [0.25, 0.3) is 0 Å². The minimum atomic E-state index is -0.395. The van der Waals surface area contributed by atoms with E-state index in [1.807, 2.05) is 0 Å². The predicted octanol–water partition coefficient (Wildman–Crippen LogP) is 4.10. The van der Waals surface area contributed by atoms with E-state index >= 15 is 0 Å². The predicted molar refractivity (Wildman–Crippen MR) is 103 cm³/mol. The summed E-state index contributed by atoms with van der Waals surface area (Å²) in [4.78, 5) is 26.1. The zero-order chi connectivity index (χ0) is 18.5. The van der Waals surface area contributed by atoms with Gasteiger partial charge in [0.1, 0.15) is 0 Å². The van der Waals surface area contributed by atoms with E-state index in [-0.39, 0.29) is 17.0 Å². The van der Waals surface area contributed by atoms with Crippen LogP contribution in [0, 0.1) is 5.41 Å². The minimum Gasteiger partial charge on any atom is -0.321 e. The van der Waals surface area contributed by atoms with Gasteiger partial charge in [-0.05, 0) is 18.9 Å². The van der Waals surface area contributed by atoms with Crippen LogP contribution >= 0.6 is 0 Å². The van der Waals surface area contributed by atoms with Crippen molar-refractivity contribution in [3.05, 3.63) is 94.1 Å². The van der Waals surface area contributed by atoms with Crippen LogP contribution in [0.5, 0.6) is 0 Å². The van der Waals surface area contributed by atoms with Crippen LogP contribution in [0.3, 0.4) is 0 Å². The second-order valence-electron chi connectivity index (χ2n) is 7.47. The van der Waals surface area contributed by atoms with Crippen molar-refractivity contribution >= 4 is 11.6 Å². The maximum Gasteiger partial charge on any atom is 0.194 e. The van der Waals surface area contributed by atoms with Gasteiger partial charge in [-0.1, -0.05) is 73.2 Å². The number of carbonyl (C=O) groups is 2. The Morgan fingerprint density at radius 1 is 1.12 bits per heavy atom. The molecule has 3 aliphatic rings. The smallest absolute Gasteiger partial charge is 0.194 e. The quantitative estimate of drug-likeness (QED) is 0.835. The Morgan fingerprint density at radius 2 is 1.81 bits per heavy atom. The van der Waals surface area contributed by atoms with Gasteiger partial charge in [0.05, 0.1) is 0 Å². The molecular weight excluding hydrogens is 322 g/mol. The lowest BCUT2D eigenvalue weighted by atomic mass is 9.73. The van der Waals surface area contributed by atoms with E-state index in [1.165, 1.54) is 5.57 Å². The highest BCUT2D eigenvalue weighted by Gasteiger charge is 2.36. The molecule has 3 heteroatoms. The zero-order valence-electron chi connectivity index (χ0n) is 15.0. The van der Waals surface area contributed by atoms with Gasteiger partial charge in [0, 0.05) is 33.7 Å². The molecule has 2 N–H and O–H groups in total. The summed E-state index contributed by atoms with van der Waals surface area (Å²) in [6.45, 7) is 4.19. The van der Waals surface area contributed by atoms with E-state index in [0.717, 1.165) is 12.0 Å². The Balaban J connectivity index is 1.86. The van der Waals surface area contributed by atoms with E-state index in [1.54, 1.807) is 36.4 Å². The Bertz CT molecular complexity index is 987. The summed E-state index contributed by atoms with van der Waals surface area (Å²) in [5.74, 6) is -0.222. The van der Waals surface area contributed by atoms with Crippen molar-refractivity contribution in [2.45, 2.75) is 26.3 Å². The Hall–Kier alpha value is -2.78. The average Bonchev–Trinajstić information content (AvgIpc) is 2.64. The van der Waals surface area contributed by atoms with Crippen LogP contribution in [0.2, 0.25) is 0 Å². The Labute approximate surface area is 153 Å². The molecule has 2 atom stereocenters. The molecule has 0 fully saturated rings. The van der Waals surface area contributed by atoms with Crippen LogP contribution in [-0.4, -0.2) is 17.6 Å². The van der Waals surface area contributed by atoms with Gasteiger partial charge in [-0.2, -0.15) is 0 Å². The number of benzene rings is 1. The molecule has 130 valence electrons. The number of carbonyl (C=O) groups excluding carboxylic acids is 2. The van der Waals surface area contributed by atoms with Crippen LogP contribution in [0.15, 0.2) is 83.0 Å². The summed E-state index contributed by atoms with van der Waals surface area (Å²) in [6, 6.07) is 6.61. The topological polar surface area (TPSA) is 60.2 Å². The van der Waals surface area contributed by atoms with E-state index in [9.17, 15) is 9.59 Å². The molecule has 0 saturated heterocycles. The summed E-state index contributed by atoms with van der Waals surface area (Å²) in [5.41, 5.74) is 9.92. The third-order valence-corrected chi connectivity index (χ3v) is 5.35. The average molecular weight is 343 g/mol. The molecule has 3 nitrogen and oxygen atoms in total. The largest absolute Gasteiger partial charge is 0.321 e. The van der Waals surface area contributed by atoms with E-state index < -0.39 is 6.04 Å². The van der Waals surface area contributed by atoms with Crippen molar-refractivity contribution in [1.29, 1.82) is 0 Å². The molecule has 4 rings (SSSR count). The number of ketones is 2. The van der Waals surface area contributed by atoms with E-state index in [4.69, 9.17) is 5.73 Å². The minimum absolute atomic E-state index is 0.107. The van der Waals surface area contributed by atoms with Crippen LogP contribution < -0.4 is 5.73 Å². The lowest BCUT2D eigenvalue weighted by Gasteiger charge is -2.31. The highest BCUT2D eigenvalue weighted by Crippen LogP contribution is 2.39. The van der Waals surface area contributed by atoms with Gasteiger partial charge in [-0.3, -0.25) is 9.59 Å². The first-order chi connectivity index (χ1) is 12.4. The molecule has 2 unspecified atom stereocenters. The first-order valence-electron chi connectivity index (χ1n) is 8.85. The first kappa shape index (κ1) is 16.7. The molecule has 0 aliphatic heterocycles. The monoisotopic (exact) mass is 343 g/mol. The van der Waals surface area contributed by atoms with Gasteiger partial charge >= 0.3 is 0 Å². The third kappa shape index (κ3) is 2.56. The number of nitrogens with two attached hydrogens (primary N) is 1. The van der Waals surface area contributed by atoms with Gasteiger partial charge in [0.2, 0.25) is 0 Å². The molecular formula is C23H21NO2. The molecule has 0 bridgehead atoms. The highest BCUT2D eigenvalue weighted by atomic mass is 16.1. The first-order valence-corrected chi connectivity index (χ1v) is 8.85. The number of fused-ring (bicyclic) bond motifs is 1. The molecule has 0 heterocycles. The normalized spacial score (nSPS) is 29.0. The zero-order valence-corrected chi connectivity index (χ0v) is 15.0. The summed E-state index contributed by atoms with van der Waals surface area (Å²) in [7, 11) is 0. The van der Waals surface area contributed by atoms with E-state index in [0.29, 0.717) is 22.3 Å². The van der Waals surface area contributed by atoms with Gasteiger partial charge in [0.15, 0.2) is 11.6 Å². The maximum atomic E-state index is 13.2. The van der Waals surface area contributed by atoms with Gasteiger partial charge in [0.25, 0.3) is 0 Å². The Kier molecular flexibility index (Phi) is 3.78. The molecule has 1 aromatic rings. The number of Topliss-reactive ketones (excluding diaryl/α,β-unsaturated/α-hetero) is 2. The lowest BCUT2D eigenvalue weighted by Crippen LogP contribution is -2.33. The number of allylic oxidation sites excluding steroid dienone is 7. The van der Waals surface area contributed by atoms with Crippen molar-refractivity contribution in [3.63, 3.8) is 0 Å². The molecule has 0 saturated carbocycles. The number of hydrogen-bond donors (Lipinski definition) is 1. The van der Waals surface area contributed by atoms with Crippen molar-refractivity contribution in [2.75, 3.05) is 0 Å². The van der Waals surface area contributed by atoms with Gasteiger partial charge < -0.3 is 5.73 Å². The summed E-state index contributed by atoms with van der Waals surface area (Å²) in [5, 5.41) is 0. The van der Waals surface area contributed by atoms with Crippen LogP contribution in [0.1, 0.15) is 41.0 Å². The van der Waals surface area contributed by atoms with Crippen molar-refractivity contribution in [3.8, 4) is 0 Å². The second kappa shape index (κ2) is 5.89. The van der Waals surface area contributed by atoms with Crippen molar-refractivity contribution < 1.29 is 9.59 Å². The van der Waals surface area contributed by atoms with Crippen LogP contribution in [0.4, 0.5) is 0 Å². The van der Waals surface area contributed by atoms with Gasteiger partial charge in [-0.25, -0.2) is 0 Å². The fraction of sp³-hybridized carbons (Fsp3) is 0.217. The van der Waals surface area contributed by atoms with E-state index in [2.05, 4.69) is 38.2 Å². The highest BCUT2D eigenvalue weighted by molar-refractivity contribution is 6.29. The fourth-order valence-electron chi connectivity index (χ4n) is 3.78. The number of rotatable bonds is 1. The summed E-state index contributed by atoms with van der Waals surface area (Å²) >= 11 is 0. The van der Waals surface area contributed by atoms with Crippen molar-refractivity contribution in [1.82, 2.24) is 0 Å². The Morgan fingerprint density at radius 3 is 2.46 bits per heavy atom.